The zero-order valence-corrected chi connectivity index (χ0v) is 12.0. The Hall–Kier alpha value is -1.65. The van der Waals surface area contributed by atoms with E-state index in [2.05, 4.69) is 19.8 Å². The van der Waals surface area contributed by atoms with Crippen LogP contribution in [0.4, 0.5) is 5.82 Å². The number of nitrogens with zero attached hydrogens (tertiary/aromatic N) is 3. The number of ether oxygens (including phenoxy) is 1. The maximum Gasteiger partial charge on any atom is 0.358 e. The van der Waals surface area contributed by atoms with Crippen LogP contribution >= 0.6 is 0 Å². The fourth-order valence-corrected chi connectivity index (χ4v) is 3.55. The number of rotatable bonds is 2. The normalized spacial score (nSPS) is 21.1. The van der Waals surface area contributed by atoms with Crippen LogP contribution in [0.5, 0.6) is 0 Å². The Bertz CT molecular complexity index is 480. The molecule has 0 bridgehead atoms. The van der Waals surface area contributed by atoms with Gasteiger partial charge in [0.25, 0.3) is 0 Å². The Kier molecular flexibility index (Phi) is 3.59. The van der Waals surface area contributed by atoms with E-state index in [-0.39, 0.29) is 5.69 Å². The van der Waals surface area contributed by atoms with Gasteiger partial charge in [0, 0.05) is 13.1 Å². The van der Waals surface area contributed by atoms with Crippen molar-refractivity contribution in [3.05, 3.63) is 17.8 Å². The lowest BCUT2D eigenvalue weighted by Crippen LogP contribution is -2.29. The molecule has 1 spiro atoms. The summed E-state index contributed by atoms with van der Waals surface area (Å²) in [7, 11) is 1.35. The average Bonchev–Trinajstić information content (AvgIpc) is 2.91. The summed E-state index contributed by atoms with van der Waals surface area (Å²) < 4.78 is 4.64. The number of esters is 1. The molecule has 1 saturated carbocycles. The molecule has 0 aromatic carbocycles. The second-order valence-electron chi connectivity index (χ2n) is 6.00. The van der Waals surface area contributed by atoms with Crippen molar-refractivity contribution in [1.29, 1.82) is 0 Å². The van der Waals surface area contributed by atoms with Crippen molar-refractivity contribution in [2.24, 2.45) is 5.41 Å². The van der Waals surface area contributed by atoms with E-state index in [1.54, 1.807) is 6.07 Å². The first-order valence-electron chi connectivity index (χ1n) is 7.39. The summed E-state index contributed by atoms with van der Waals surface area (Å²) in [5.74, 6) is 0.439. The van der Waals surface area contributed by atoms with E-state index in [0.717, 1.165) is 18.9 Å². The molecular formula is C15H21N3O2. The molecule has 20 heavy (non-hydrogen) atoms. The number of aromatic nitrogens is 2. The molecule has 5 nitrogen and oxygen atoms in total. The van der Waals surface area contributed by atoms with E-state index in [9.17, 15) is 4.79 Å². The van der Waals surface area contributed by atoms with Gasteiger partial charge < -0.3 is 9.64 Å². The van der Waals surface area contributed by atoms with Crippen molar-refractivity contribution in [3.63, 3.8) is 0 Å². The van der Waals surface area contributed by atoms with Gasteiger partial charge in [-0.15, -0.1) is 10.2 Å². The zero-order valence-electron chi connectivity index (χ0n) is 12.0. The monoisotopic (exact) mass is 275 g/mol. The Balaban J connectivity index is 1.69. The maximum atomic E-state index is 11.3. The molecule has 5 heteroatoms. The van der Waals surface area contributed by atoms with Gasteiger partial charge in [0.2, 0.25) is 0 Å². The molecule has 0 unspecified atom stereocenters. The number of hydrogen-bond acceptors (Lipinski definition) is 5. The Morgan fingerprint density at radius 2 is 2.00 bits per heavy atom. The highest BCUT2D eigenvalue weighted by Gasteiger charge is 2.39. The van der Waals surface area contributed by atoms with Gasteiger partial charge in [0.15, 0.2) is 11.5 Å². The molecule has 2 aliphatic rings. The first-order valence-corrected chi connectivity index (χ1v) is 7.39. The predicted molar refractivity (Wildman–Crippen MR) is 75.7 cm³/mol. The molecule has 3 rings (SSSR count). The van der Waals surface area contributed by atoms with Crippen molar-refractivity contribution in [2.45, 2.75) is 38.5 Å². The Morgan fingerprint density at radius 3 is 2.65 bits per heavy atom. The molecule has 1 aromatic heterocycles. The fraction of sp³-hybridized carbons (Fsp3) is 0.667. The molecule has 1 aliphatic carbocycles. The lowest BCUT2D eigenvalue weighted by Gasteiger charge is -2.33. The van der Waals surface area contributed by atoms with Gasteiger partial charge >= 0.3 is 5.97 Å². The number of carbonyl (C=O) groups excluding carboxylic acids is 1. The topological polar surface area (TPSA) is 55.3 Å². The van der Waals surface area contributed by atoms with Crippen LogP contribution in [-0.4, -0.2) is 36.4 Å². The van der Waals surface area contributed by atoms with Crippen molar-refractivity contribution < 1.29 is 9.53 Å². The molecule has 2 heterocycles. The van der Waals surface area contributed by atoms with E-state index >= 15 is 0 Å². The number of methoxy groups -OCH3 is 1. The van der Waals surface area contributed by atoms with Crippen LogP contribution in [0.2, 0.25) is 0 Å². The van der Waals surface area contributed by atoms with Gasteiger partial charge in [-0.3, -0.25) is 0 Å². The molecule has 0 radical (unpaired) electrons. The molecule has 0 amide bonds. The van der Waals surface area contributed by atoms with Crippen LogP contribution in [0, 0.1) is 5.41 Å². The van der Waals surface area contributed by atoms with Crippen molar-refractivity contribution in [3.8, 4) is 0 Å². The molecular weight excluding hydrogens is 254 g/mol. The van der Waals surface area contributed by atoms with Crippen LogP contribution in [0.25, 0.3) is 0 Å². The smallest absolute Gasteiger partial charge is 0.358 e. The third kappa shape index (κ3) is 2.49. The summed E-state index contributed by atoms with van der Waals surface area (Å²) in [6.07, 6.45) is 8.05. The lowest BCUT2D eigenvalue weighted by atomic mass is 9.73. The standard InChI is InChI=1S/C15H21N3O2/c1-20-14(19)12-5-6-13(17-16-12)18-10-9-15(11-18)7-3-2-4-8-15/h5-6H,2-4,7-11H2,1H3. The Labute approximate surface area is 119 Å². The fourth-order valence-electron chi connectivity index (χ4n) is 3.55. The third-order valence-corrected chi connectivity index (χ3v) is 4.72. The molecule has 1 aromatic rings. The SMILES string of the molecule is COC(=O)c1ccc(N2CCC3(CCCCC3)C2)nn1. The molecule has 2 fully saturated rings. The van der Waals surface area contributed by atoms with E-state index < -0.39 is 5.97 Å². The highest BCUT2D eigenvalue weighted by Crippen LogP contribution is 2.44. The summed E-state index contributed by atoms with van der Waals surface area (Å²) in [4.78, 5) is 13.7. The molecule has 0 N–H and O–H groups in total. The number of carbonyl (C=O) groups is 1. The highest BCUT2D eigenvalue weighted by molar-refractivity contribution is 5.86. The largest absolute Gasteiger partial charge is 0.464 e. The van der Waals surface area contributed by atoms with Gasteiger partial charge in [0.1, 0.15) is 0 Å². The summed E-state index contributed by atoms with van der Waals surface area (Å²) in [6, 6.07) is 3.57. The quantitative estimate of drug-likeness (QED) is 0.776. The summed E-state index contributed by atoms with van der Waals surface area (Å²) in [5.41, 5.74) is 0.767. The van der Waals surface area contributed by atoms with Crippen LogP contribution in [0.1, 0.15) is 49.0 Å². The highest BCUT2D eigenvalue weighted by atomic mass is 16.5. The third-order valence-electron chi connectivity index (χ3n) is 4.72. The second kappa shape index (κ2) is 5.38. The van der Waals surface area contributed by atoms with Crippen LogP contribution < -0.4 is 4.90 Å². The van der Waals surface area contributed by atoms with Gasteiger partial charge in [0.05, 0.1) is 7.11 Å². The molecule has 1 aliphatic heterocycles. The van der Waals surface area contributed by atoms with Crippen molar-refractivity contribution in [1.82, 2.24) is 10.2 Å². The van der Waals surface area contributed by atoms with Crippen molar-refractivity contribution >= 4 is 11.8 Å². The molecule has 0 atom stereocenters. The van der Waals surface area contributed by atoms with Crippen LogP contribution in [0.3, 0.4) is 0 Å². The van der Waals surface area contributed by atoms with Gasteiger partial charge in [-0.25, -0.2) is 4.79 Å². The first-order chi connectivity index (χ1) is 9.72. The van der Waals surface area contributed by atoms with E-state index in [0.29, 0.717) is 5.41 Å². The molecule has 108 valence electrons. The van der Waals surface area contributed by atoms with Gasteiger partial charge in [-0.2, -0.15) is 0 Å². The summed E-state index contributed by atoms with van der Waals surface area (Å²) in [6.45, 7) is 2.13. The van der Waals surface area contributed by atoms with E-state index in [1.807, 2.05) is 6.07 Å². The van der Waals surface area contributed by atoms with E-state index in [4.69, 9.17) is 0 Å². The molecule has 1 saturated heterocycles. The lowest BCUT2D eigenvalue weighted by molar-refractivity contribution is 0.0592. The van der Waals surface area contributed by atoms with Gasteiger partial charge in [-0.05, 0) is 36.8 Å². The minimum atomic E-state index is -0.436. The second-order valence-corrected chi connectivity index (χ2v) is 6.00. The van der Waals surface area contributed by atoms with Crippen LogP contribution in [0.15, 0.2) is 12.1 Å². The first kappa shape index (κ1) is 13.3. The van der Waals surface area contributed by atoms with Crippen LogP contribution in [-0.2, 0) is 4.74 Å². The van der Waals surface area contributed by atoms with E-state index in [1.165, 1.54) is 45.6 Å². The summed E-state index contributed by atoms with van der Waals surface area (Å²) in [5, 5.41) is 8.14. The van der Waals surface area contributed by atoms with Crippen molar-refractivity contribution in [2.75, 3.05) is 25.1 Å². The zero-order chi connectivity index (χ0) is 14.0. The Morgan fingerprint density at radius 1 is 1.20 bits per heavy atom. The maximum absolute atomic E-state index is 11.3. The summed E-state index contributed by atoms with van der Waals surface area (Å²) >= 11 is 0. The number of hydrogen-bond donors (Lipinski definition) is 0. The minimum absolute atomic E-state index is 0.267. The average molecular weight is 275 g/mol. The predicted octanol–water partition coefficient (Wildman–Crippen LogP) is 2.42. The van der Waals surface area contributed by atoms with Gasteiger partial charge in [-0.1, -0.05) is 19.3 Å². The minimum Gasteiger partial charge on any atom is -0.464 e. The number of anilines is 1.